The predicted molar refractivity (Wildman–Crippen MR) is 90.5 cm³/mol. The van der Waals surface area contributed by atoms with Crippen LogP contribution < -0.4 is 0 Å². The van der Waals surface area contributed by atoms with Gasteiger partial charge in [0.2, 0.25) is 0 Å². The van der Waals surface area contributed by atoms with Gasteiger partial charge >= 0.3 is 0 Å². The maximum Gasteiger partial charge on any atom is 0.0660 e. The second-order valence-electron chi connectivity index (χ2n) is 5.60. The molecule has 2 aromatic rings. The molecular weight excluding hydrogens is 335 g/mol. The van der Waals surface area contributed by atoms with Gasteiger partial charge in [0.15, 0.2) is 0 Å². The van der Waals surface area contributed by atoms with Crippen molar-refractivity contribution < 1.29 is 10.4 Å². The number of oxime groups is 1. The second-order valence-corrected chi connectivity index (χ2v) is 6.47. The lowest BCUT2D eigenvalue weighted by atomic mass is 9.88. The lowest BCUT2D eigenvalue weighted by molar-refractivity contribution is -0.167. The summed E-state index contributed by atoms with van der Waals surface area (Å²) in [6.07, 6.45) is 0.870. The Bertz CT molecular complexity index is 679. The Kier molecular flexibility index (Phi) is 4.87. The Morgan fingerprint density at radius 2 is 1.39 bits per heavy atom. The van der Waals surface area contributed by atoms with E-state index in [2.05, 4.69) is 5.16 Å². The zero-order chi connectivity index (χ0) is 16.4. The van der Waals surface area contributed by atoms with E-state index in [1.165, 1.54) is 5.06 Å². The Balaban J connectivity index is 1.98. The van der Waals surface area contributed by atoms with Crippen molar-refractivity contribution in [1.29, 1.82) is 0 Å². The van der Waals surface area contributed by atoms with E-state index >= 15 is 0 Å². The van der Waals surface area contributed by atoms with Gasteiger partial charge in [-0.2, -0.15) is 5.06 Å². The smallest absolute Gasteiger partial charge is 0.0660 e. The van der Waals surface area contributed by atoms with Crippen LogP contribution in [-0.4, -0.2) is 21.2 Å². The first kappa shape index (κ1) is 16.3. The van der Waals surface area contributed by atoms with Crippen LogP contribution in [0.1, 0.15) is 36.1 Å². The van der Waals surface area contributed by atoms with Crippen molar-refractivity contribution in [3.63, 3.8) is 0 Å². The molecule has 1 heterocycles. The average Bonchev–Trinajstić information content (AvgIpc) is 2.55. The summed E-state index contributed by atoms with van der Waals surface area (Å²) in [6, 6.07) is 14.0. The Morgan fingerprint density at radius 3 is 1.78 bits per heavy atom. The molecule has 1 saturated heterocycles. The number of rotatable bonds is 2. The molecule has 3 rings (SSSR count). The molecule has 2 atom stereocenters. The van der Waals surface area contributed by atoms with E-state index in [0.717, 1.165) is 11.1 Å². The van der Waals surface area contributed by atoms with Crippen molar-refractivity contribution in [2.24, 2.45) is 5.16 Å². The van der Waals surface area contributed by atoms with Crippen molar-refractivity contribution in [1.82, 2.24) is 5.06 Å². The van der Waals surface area contributed by atoms with Crippen LogP contribution in [0.15, 0.2) is 53.7 Å². The van der Waals surface area contributed by atoms with Gasteiger partial charge in [0.25, 0.3) is 0 Å². The molecule has 4 nitrogen and oxygen atoms in total. The summed E-state index contributed by atoms with van der Waals surface area (Å²) in [5.74, 6) is 0. The molecule has 23 heavy (non-hydrogen) atoms. The molecule has 0 aliphatic carbocycles. The number of hydrogen-bond donors (Lipinski definition) is 2. The van der Waals surface area contributed by atoms with Gasteiger partial charge in [-0.1, -0.05) is 52.6 Å². The number of hydrogen-bond acceptors (Lipinski definition) is 4. The molecule has 1 aliphatic rings. The Labute approximate surface area is 144 Å². The number of halogens is 2. The van der Waals surface area contributed by atoms with E-state index in [9.17, 15) is 10.4 Å². The molecule has 0 amide bonds. The van der Waals surface area contributed by atoms with Crippen LogP contribution in [-0.2, 0) is 0 Å². The summed E-state index contributed by atoms with van der Waals surface area (Å²) in [5.41, 5.74) is 2.37. The van der Waals surface area contributed by atoms with E-state index in [0.29, 0.717) is 28.6 Å². The molecule has 0 unspecified atom stereocenters. The SMILES string of the molecule is ON=C1C[C@H](c2cccc(Cl)c2)N(O)[C@H](c2cccc(Cl)c2)C1. The summed E-state index contributed by atoms with van der Waals surface area (Å²) >= 11 is 12.1. The van der Waals surface area contributed by atoms with Crippen molar-refractivity contribution in [2.45, 2.75) is 24.9 Å². The minimum absolute atomic E-state index is 0.336. The van der Waals surface area contributed by atoms with Gasteiger partial charge in [0.1, 0.15) is 0 Å². The third-order valence-electron chi connectivity index (χ3n) is 4.10. The first-order chi connectivity index (χ1) is 11.1. The van der Waals surface area contributed by atoms with Gasteiger partial charge in [-0.25, -0.2) is 0 Å². The highest BCUT2D eigenvalue weighted by Crippen LogP contribution is 2.40. The first-order valence-electron chi connectivity index (χ1n) is 7.26. The maximum atomic E-state index is 10.7. The lowest BCUT2D eigenvalue weighted by Gasteiger charge is -2.38. The van der Waals surface area contributed by atoms with Gasteiger partial charge in [-0.3, -0.25) is 0 Å². The number of benzene rings is 2. The number of nitrogens with zero attached hydrogens (tertiary/aromatic N) is 2. The number of hydroxylamine groups is 2. The summed E-state index contributed by atoms with van der Waals surface area (Å²) in [6.45, 7) is 0. The van der Waals surface area contributed by atoms with E-state index < -0.39 is 0 Å². The van der Waals surface area contributed by atoms with Gasteiger partial charge in [-0.05, 0) is 35.4 Å². The van der Waals surface area contributed by atoms with Crippen molar-refractivity contribution in [2.75, 3.05) is 0 Å². The quantitative estimate of drug-likeness (QED) is 0.585. The molecule has 2 N–H and O–H groups in total. The third kappa shape index (κ3) is 3.51. The first-order valence-corrected chi connectivity index (χ1v) is 8.02. The van der Waals surface area contributed by atoms with Gasteiger partial charge in [0.05, 0.1) is 17.8 Å². The van der Waals surface area contributed by atoms with Crippen LogP contribution in [0.4, 0.5) is 0 Å². The van der Waals surface area contributed by atoms with Gasteiger partial charge in [0, 0.05) is 22.9 Å². The fraction of sp³-hybridized carbons (Fsp3) is 0.235. The highest BCUT2D eigenvalue weighted by atomic mass is 35.5. The molecule has 0 spiro atoms. The van der Waals surface area contributed by atoms with E-state index in [1.807, 2.05) is 36.4 Å². The van der Waals surface area contributed by atoms with E-state index in [1.54, 1.807) is 12.1 Å². The van der Waals surface area contributed by atoms with E-state index in [4.69, 9.17) is 23.2 Å². The summed E-state index contributed by atoms with van der Waals surface area (Å²) in [4.78, 5) is 0. The Morgan fingerprint density at radius 1 is 0.913 bits per heavy atom. The van der Waals surface area contributed by atoms with Crippen LogP contribution in [0.2, 0.25) is 10.0 Å². The average molecular weight is 351 g/mol. The summed E-state index contributed by atoms with van der Waals surface area (Å²) < 4.78 is 0. The Hall–Kier alpha value is -1.59. The molecule has 0 aromatic heterocycles. The standard InChI is InChI=1S/C17H16Cl2N2O2/c18-13-5-1-3-11(7-13)16-9-15(20-22)10-17(21(16)23)12-4-2-6-14(19)8-12/h1-8,16-17,22-23H,9-10H2/t16-,17+. The topological polar surface area (TPSA) is 56.1 Å². The van der Waals surface area contributed by atoms with E-state index in [-0.39, 0.29) is 12.1 Å². The minimum atomic E-state index is -0.336. The predicted octanol–water partition coefficient (Wildman–Crippen LogP) is 5.09. The normalized spacial score (nSPS) is 24.0. The molecule has 0 saturated carbocycles. The molecule has 120 valence electrons. The zero-order valence-corrected chi connectivity index (χ0v) is 13.7. The van der Waals surface area contributed by atoms with Crippen molar-refractivity contribution >= 4 is 28.9 Å². The minimum Gasteiger partial charge on any atom is -0.411 e. The van der Waals surface area contributed by atoms with Crippen LogP contribution in [0.25, 0.3) is 0 Å². The fourth-order valence-electron chi connectivity index (χ4n) is 2.98. The molecule has 0 bridgehead atoms. The van der Waals surface area contributed by atoms with Crippen molar-refractivity contribution in [3.05, 3.63) is 69.7 Å². The summed E-state index contributed by atoms with van der Waals surface area (Å²) in [7, 11) is 0. The highest BCUT2D eigenvalue weighted by molar-refractivity contribution is 6.30. The molecule has 0 radical (unpaired) electrons. The fourth-order valence-corrected chi connectivity index (χ4v) is 3.38. The molecule has 1 aliphatic heterocycles. The second kappa shape index (κ2) is 6.89. The zero-order valence-electron chi connectivity index (χ0n) is 12.2. The van der Waals surface area contributed by atoms with Gasteiger partial charge in [-0.15, -0.1) is 0 Å². The van der Waals surface area contributed by atoms with Crippen LogP contribution in [0.3, 0.4) is 0 Å². The number of piperidine rings is 1. The third-order valence-corrected chi connectivity index (χ3v) is 4.58. The van der Waals surface area contributed by atoms with Crippen LogP contribution in [0.5, 0.6) is 0 Å². The molecule has 1 fully saturated rings. The van der Waals surface area contributed by atoms with Gasteiger partial charge < -0.3 is 10.4 Å². The highest BCUT2D eigenvalue weighted by Gasteiger charge is 2.35. The molecule has 6 heteroatoms. The van der Waals surface area contributed by atoms with Crippen molar-refractivity contribution in [3.8, 4) is 0 Å². The summed E-state index contributed by atoms with van der Waals surface area (Å²) in [5, 5.41) is 25.9. The van der Waals surface area contributed by atoms with Crippen LogP contribution >= 0.6 is 23.2 Å². The maximum absolute atomic E-state index is 10.7. The van der Waals surface area contributed by atoms with Crippen LogP contribution in [0, 0.1) is 0 Å². The lowest BCUT2D eigenvalue weighted by Crippen LogP contribution is -2.37. The molecule has 2 aromatic carbocycles. The monoisotopic (exact) mass is 350 g/mol. The largest absolute Gasteiger partial charge is 0.411 e. The molecular formula is C17H16Cl2N2O2.